The number of carbonyl (C=O) groups excluding carboxylic acids is 1. The van der Waals surface area contributed by atoms with Crippen LogP contribution in [0, 0.1) is 0 Å². The number of para-hydroxylation sites is 3. The summed E-state index contributed by atoms with van der Waals surface area (Å²) >= 11 is 1.34. The van der Waals surface area contributed by atoms with Gasteiger partial charge in [0.15, 0.2) is 5.16 Å². The number of thioether (sulfide) groups is 1. The van der Waals surface area contributed by atoms with E-state index in [-0.39, 0.29) is 11.2 Å². The van der Waals surface area contributed by atoms with Gasteiger partial charge in [-0.3, -0.25) is 9.36 Å². The third-order valence-electron chi connectivity index (χ3n) is 4.78. The highest BCUT2D eigenvalue weighted by atomic mass is 32.2. The second kappa shape index (κ2) is 9.49. The van der Waals surface area contributed by atoms with Crippen LogP contribution in [0.3, 0.4) is 0 Å². The molecule has 6 nitrogen and oxygen atoms in total. The molecule has 1 amide bonds. The number of anilines is 1. The average Bonchev–Trinajstić information content (AvgIpc) is 3.27. The fraction of sp³-hybridized carbons (Fsp3) is 0.125. The Hall–Kier alpha value is -3.58. The van der Waals surface area contributed by atoms with Gasteiger partial charge in [0.2, 0.25) is 5.91 Å². The molecule has 0 bridgehead atoms. The zero-order chi connectivity index (χ0) is 21.6. The van der Waals surface area contributed by atoms with Crippen molar-refractivity contribution in [1.29, 1.82) is 0 Å². The lowest BCUT2D eigenvalue weighted by molar-refractivity contribution is -0.115. The Morgan fingerprint density at radius 3 is 2.52 bits per heavy atom. The Balaban J connectivity index is 1.52. The molecule has 4 aromatic rings. The lowest BCUT2D eigenvalue weighted by Gasteiger charge is -2.15. The third-order valence-corrected chi connectivity index (χ3v) is 5.84. The second-order valence-corrected chi connectivity index (χ2v) is 8.12. The molecule has 1 aromatic heterocycles. The average molecular weight is 431 g/mol. The van der Waals surface area contributed by atoms with Crippen molar-refractivity contribution < 1.29 is 9.53 Å². The first kappa shape index (κ1) is 20.7. The van der Waals surface area contributed by atoms with E-state index in [4.69, 9.17) is 4.74 Å². The summed E-state index contributed by atoms with van der Waals surface area (Å²) in [7, 11) is 1.62. The standard InChI is InChI=1S/C24H22N4O2S/c1-17(31-24-27-25-16-28(24)21-14-8-9-15-22(21)30-2)23(29)26-20-13-7-6-12-19(20)18-10-4-3-5-11-18/h3-17H,1-2H3,(H,26,29). The van der Waals surface area contributed by atoms with Crippen LogP contribution in [0.15, 0.2) is 90.3 Å². The topological polar surface area (TPSA) is 69.0 Å². The molecule has 7 heteroatoms. The predicted molar refractivity (Wildman–Crippen MR) is 124 cm³/mol. The lowest BCUT2D eigenvalue weighted by atomic mass is 10.0. The van der Waals surface area contributed by atoms with E-state index < -0.39 is 0 Å². The summed E-state index contributed by atoms with van der Waals surface area (Å²) in [6, 6.07) is 25.4. The molecule has 0 spiro atoms. The van der Waals surface area contributed by atoms with E-state index in [0.717, 1.165) is 22.5 Å². The molecule has 1 atom stereocenters. The van der Waals surface area contributed by atoms with Crippen molar-refractivity contribution in [2.24, 2.45) is 0 Å². The summed E-state index contributed by atoms with van der Waals surface area (Å²) in [5.41, 5.74) is 3.62. The summed E-state index contributed by atoms with van der Waals surface area (Å²) < 4.78 is 7.27. The Kier molecular flexibility index (Phi) is 6.33. The normalized spacial score (nSPS) is 11.7. The number of aromatic nitrogens is 3. The first-order valence-electron chi connectivity index (χ1n) is 9.82. The Morgan fingerprint density at radius 1 is 1.00 bits per heavy atom. The SMILES string of the molecule is COc1ccccc1-n1cnnc1SC(C)C(=O)Nc1ccccc1-c1ccccc1. The molecule has 156 valence electrons. The molecule has 0 saturated carbocycles. The number of nitrogens with zero attached hydrogens (tertiary/aromatic N) is 3. The maximum absolute atomic E-state index is 13.0. The number of hydrogen-bond acceptors (Lipinski definition) is 5. The van der Waals surface area contributed by atoms with Gasteiger partial charge in [-0.2, -0.15) is 0 Å². The van der Waals surface area contributed by atoms with E-state index in [1.54, 1.807) is 13.4 Å². The molecule has 0 radical (unpaired) electrons. The zero-order valence-electron chi connectivity index (χ0n) is 17.2. The van der Waals surface area contributed by atoms with Crippen LogP contribution < -0.4 is 10.1 Å². The maximum atomic E-state index is 13.0. The van der Waals surface area contributed by atoms with Crippen LogP contribution in [0.4, 0.5) is 5.69 Å². The van der Waals surface area contributed by atoms with E-state index in [9.17, 15) is 4.79 Å². The van der Waals surface area contributed by atoms with Crippen LogP contribution in [-0.2, 0) is 4.79 Å². The fourth-order valence-electron chi connectivity index (χ4n) is 3.21. The predicted octanol–water partition coefficient (Wildman–Crippen LogP) is 5.06. The summed E-state index contributed by atoms with van der Waals surface area (Å²) in [5.74, 6) is 0.598. The van der Waals surface area contributed by atoms with Gasteiger partial charge in [-0.05, 0) is 30.7 Å². The van der Waals surface area contributed by atoms with Gasteiger partial charge in [0.05, 0.1) is 18.0 Å². The van der Waals surface area contributed by atoms with Gasteiger partial charge < -0.3 is 10.1 Å². The minimum absolute atomic E-state index is 0.108. The van der Waals surface area contributed by atoms with Crippen molar-refractivity contribution in [3.05, 3.63) is 85.2 Å². The van der Waals surface area contributed by atoms with Crippen LogP contribution >= 0.6 is 11.8 Å². The van der Waals surface area contributed by atoms with Crippen LogP contribution in [0.2, 0.25) is 0 Å². The molecule has 0 saturated heterocycles. The van der Waals surface area contributed by atoms with Crippen molar-refractivity contribution in [3.63, 3.8) is 0 Å². The Morgan fingerprint density at radius 2 is 1.71 bits per heavy atom. The van der Waals surface area contributed by atoms with Gasteiger partial charge in [-0.25, -0.2) is 0 Å². The number of rotatable bonds is 7. The number of amides is 1. The number of ether oxygens (including phenoxy) is 1. The summed E-state index contributed by atoms with van der Waals surface area (Å²) in [6.45, 7) is 1.85. The molecule has 3 aromatic carbocycles. The highest BCUT2D eigenvalue weighted by Gasteiger charge is 2.20. The highest BCUT2D eigenvalue weighted by Crippen LogP contribution is 2.31. The van der Waals surface area contributed by atoms with Crippen LogP contribution in [0.1, 0.15) is 6.92 Å². The molecule has 0 aliphatic carbocycles. The van der Waals surface area contributed by atoms with Crippen molar-refractivity contribution >= 4 is 23.4 Å². The van der Waals surface area contributed by atoms with Gasteiger partial charge >= 0.3 is 0 Å². The van der Waals surface area contributed by atoms with Crippen molar-refractivity contribution in [3.8, 4) is 22.6 Å². The highest BCUT2D eigenvalue weighted by molar-refractivity contribution is 8.00. The van der Waals surface area contributed by atoms with Crippen LogP contribution in [0.25, 0.3) is 16.8 Å². The molecule has 31 heavy (non-hydrogen) atoms. The maximum Gasteiger partial charge on any atom is 0.237 e. The van der Waals surface area contributed by atoms with Crippen molar-refractivity contribution in [2.45, 2.75) is 17.3 Å². The fourth-order valence-corrected chi connectivity index (χ4v) is 4.04. The van der Waals surface area contributed by atoms with E-state index in [2.05, 4.69) is 15.5 Å². The van der Waals surface area contributed by atoms with Gasteiger partial charge in [0.25, 0.3) is 0 Å². The monoisotopic (exact) mass is 430 g/mol. The van der Waals surface area contributed by atoms with E-state index in [1.807, 2.05) is 90.4 Å². The van der Waals surface area contributed by atoms with Gasteiger partial charge in [0.1, 0.15) is 12.1 Å². The summed E-state index contributed by atoms with van der Waals surface area (Å²) in [4.78, 5) is 13.0. The van der Waals surface area contributed by atoms with Gasteiger partial charge in [-0.15, -0.1) is 10.2 Å². The molecule has 0 aliphatic heterocycles. The van der Waals surface area contributed by atoms with E-state index >= 15 is 0 Å². The number of hydrogen-bond donors (Lipinski definition) is 1. The van der Waals surface area contributed by atoms with Crippen molar-refractivity contribution in [1.82, 2.24) is 14.8 Å². The minimum Gasteiger partial charge on any atom is -0.495 e. The first-order valence-corrected chi connectivity index (χ1v) is 10.7. The van der Waals surface area contributed by atoms with Gasteiger partial charge in [0, 0.05) is 11.3 Å². The molecule has 1 heterocycles. The largest absolute Gasteiger partial charge is 0.495 e. The number of methoxy groups -OCH3 is 1. The third kappa shape index (κ3) is 4.62. The Labute approximate surface area is 185 Å². The zero-order valence-corrected chi connectivity index (χ0v) is 18.0. The molecule has 4 rings (SSSR count). The first-order chi connectivity index (χ1) is 15.2. The van der Waals surface area contributed by atoms with Crippen LogP contribution in [0.5, 0.6) is 5.75 Å². The van der Waals surface area contributed by atoms with Crippen LogP contribution in [-0.4, -0.2) is 33.0 Å². The van der Waals surface area contributed by atoms with E-state index in [0.29, 0.717) is 10.9 Å². The molecular weight excluding hydrogens is 408 g/mol. The lowest BCUT2D eigenvalue weighted by Crippen LogP contribution is -2.23. The smallest absolute Gasteiger partial charge is 0.237 e. The summed E-state index contributed by atoms with van der Waals surface area (Å²) in [6.07, 6.45) is 1.62. The molecule has 0 aliphatic rings. The van der Waals surface area contributed by atoms with E-state index in [1.165, 1.54) is 11.8 Å². The molecule has 0 fully saturated rings. The number of carbonyl (C=O) groups is 1. The Bertz CT molecular complexity index is 1180. The number of nitrogens with one attached hydrogen (secondary N) is 1. The van der Waals surface area contributed by atoms with Gasteiger partial charge in [-0.1, -0.05) is 72.4 Å². The summed E-state index contributed by atoms with van der Waals surface area (Å²) in [5, 5.41) is 11.5. The molecule has 1 N–H and O–H groups in total. The number of benzene rings is 3. The quantitative estimate of drug-likeness (QED) is 0.415. The van der Waals surface area contributed by atoms with Crippen molar-refractivity contribution in [2.75, 3.05) is 12.4 Å². The molecule has 1 unspecified atom stereocenters. The second-order valence-electron chi connectivity index (χ2n) is 6.82. The minimum atomic E-state index is -0.388. The molecular formula is C24H22N4O2S.